The van der Waals surface area contributed by atoms with Gasteiger partial charge in [0.15, 0.2) is 0 Å². The van der Waals surface area contributed by atoms with E-state index in [0.717, 1.165) is 22.4 Å². The molecule has 0 bridgehead atoms. The molecule has 2 aromatic rings. The third-order valence-electron chi connectivity index (χ3n) is 4.27. The maximum absolute atomic E-state index is 5.77. The van der Waals surface area contributed by atoms with Gasteiger partial charge in [-0.25, -0.2) is 4.98 Å². The van der Waals surface area contributed by atoms with Crippen molar-refractivity contribution in [2.24, 2.45) is 11.7 Å². The Morgan fingerprint density at radius 2 is 2.11 bits per heavy atom. The molecule has 0 aliphatic heterocycles. The summed E-state index contributed by atoms with van der Waals surface area (Å²) in [6.07, 6.45) is 8.69. The lowest BCUT2D eigenvalue weighted by atomic mass is 9.81. The number of fused-ring (bicyclic) bond motifs is 1. The number of hydrogen-bond acceptors (Lipinski definition) is 3. The van der Waals surface area contributed by atoms with Gasteiger partial charge in [-0.3, -0.25) is 9.38 Å². The quantitative estimate of drug-likeness (QED) is 0.924. The minimum atomic E-state index is 0.545. The number of halogens is 1. The highest BCUT2D eigenvalue weighted by atomic mass is 79.9. The fourth-order valence-corrected chi connectivity index (χ4v) is 3.77. The van der Waals surface area contributed by atoms with Crippen molar-refractivity contribution in [1.82, 2.24) is 14.4 Å². The molecular weight excluding hydrogens is 304 g/mol. The van der Waals surface area contributed by atoms with Gasteiger partial charge in [0.2, 0.25) is 0 Å². The van der Waals surface area contributed by atoms with Crippen molar-refractivity contribution in [3.05, 3.63) is 28.5 Å². The molecule has 0 atom stereocenters. The van der Waals surface area contributed by atoms with Crippen molar-refractivity contribution < 1.29 is 0 Å². The maximum Gasteiger partial charge on any atom is 0.134 e. The smallest absolute Gasteiger partial charge is 0.134 e. The molecule has 4 nitrogen and oxygen atoms in total. The summed E-state index contributed by atoms with van der Waals surface area (Å²) in [5.41, 5.74) is 7.88. The van der Waals surface area contributed by atoms with Crippen molar-refractivity contribution in [3.63, 3.8) is 0 Å². The third kappa shape index (κ3) is 2.30. The molecule has 0 spiro atoms. The second kappa shape index (κ2) is 5.21. The maximum atomic E-state index is 5.77. The second-order valence-electron chi connectivity index (χ2n) is 5.45. The largest absolute Gasteiger partial charge is 0.330 e. The SMILES string of the molecule is Cc1nccn2c(C3CCC(CN)CC3)nc(Br)c12. The molecular formula is C14H19BrN4. The van der Waals surface area contributed by atoms with Gasteiger partial charge >= 0.3 is 0 Å². The van der Waals surface area contributed by atoms with Gasteiger partial charge in [0, 0.05) is 18.3 Å². The highest BCUT2D eigenvalue weighted by molar-refractivity contribution is 9.10. The number of hydrogen-bond donors (Lipinski definition) is 1. The van der Waals surface area contributed by atoms with Crippen molar-refractivity contribution in [2.45, 2.75) is 38.5 Å². The van der Waals surface area contributed by atoms with E-state index in [2.05, 4.69) is 25.3 Å². The number of rotatable bonds is 2. The van der Waals surface area contributed by atoms with Crippen molar-refractivity contribution in [2.75, 3.05) is 6.54 Å². The minimum Gasteiger partial charge on any atom is -0.330 e. The van der Waals surface area contributed by atoms with E-state index < -0.39 is 0 Å². The van der Waals surface area contributed by atoms with E-state index in [1.165, 1.54) is 31.5 Å². The Bertz CT molecular complexity index is 584. The zero-order chi connectivity index (χ0) is 13.4. The van der Waals surface area contributed by atoms with Gasteiger partial charge in [0.1, 0.15) is 15.9 Å². The van der Waals surface area contributed by atoms with Gasteiger partial charge in [-0.05, 0) is 61.0 Å². The summed E-state index contributed by atoms with van der Waals surface area (Å²) in [5.74, 6) is 2.42. The first-order valence-corrected chi connectivity index (χ1v) is 7.69. The molecule has 0 saturated heterocycles. The lowest BCUT2D eigenvalue weighted by molar-refractivity contribution is 0.325. The van der Waals surface area contributed by atoms with Gasteiger partial charge in [-0.15, -0.1) is 0 Å². The van der Waals surface area contributed by atoms with Crippen LogP contribution in [0.3, 0.4) is 0 Å². The highest BCUT2D eigenvalue weighted by Gasteiger charge is 2.25. The van der Waals surface area contributed by atoms with E-state index in [4.69, 9.17) is 10.7 Å². The summed E-state index contributed by atoms with van der Waals surface area (Å²) in [5, 5.41) is 0. The summed E-state index contributed by atoms with van der Waals surface area (Å²) in [4.78, 5) is 9.08. The molecule has 0 radical (unpaired) electrons. The summed E-state index contributed by atoms with van der Waals surface area (Å²) in [6.45, 7) is 2.85. The van der Waals surface area contributed by atoms with Crippen LogP contribution < -0.4 is 5.73 Å². The lowest BCUT2D eigenvalue weighted by Crippen LogP contribution is -2.21. The van der Waals surface area contributed by atoms with Gasteiger partial charge < -0.3 is 5.73 Å². The molecule has 0 aromatic carbocycles. The summed E-state index contributed by atoms with van der Waals surface area (Å²) >= 11 is 3.57. The molecule has 19 heavy (non-hydrogen) atoms. The molecule has 1 aliphatic carbocycles. The Labute approximate surface area is 121 Å². The van der Waals surface area contributed by atoms with Crippen LogP contribution in [-0.2, 0) is 0 Å². The van der Waals surface area contributed by atoms with Crippen LogP contribution in [0.1, 0.15) is 43.1 Å². The van der Waals surface area contributed by atoms with Crippen LogP contribution in [0.2, 0.25) is 0 Å². The first-order chi connectivity index (χ1) is 9.20. The molecule has 2 heterocycles. The molecule has 3 rings (SSSR count). The average Bonchev–Trinajstić information content (AvgIpc) is 2.78. The van der Waals surface area contributed by atoms with E-state index in [-0.39, 0.29) is 0 Å². The van der Waals surface area contributed by atoms with E-state index in [1.807, 2.05) is 19.3 Å². The zero-order valence-electron chi connectivity index (χ0n) is 11.1. The van der Waals surface area contributed by atoms with E-state index in [9.17, 15) is 0 Å². The average molecular weight is 323 g/mol. The summed E-state index contributed by atoms with van der Waals surface area (Å²) in [6, 6.07) is 0. The van der Waals surface area contributed by atoms with Crippen molar-refractivity contribution in [3.8, 4) is 0 Å². The molecule has 2 N–H and O–H groups in total. The molecule has 102 valence electrons. The molecule has 2 aromatic heterocycles. The molecule has 5 heteroatoms. The van der Waals surface area contributed by atoms with Crippen LogP contribution in [0.4, 0.5) is 0 Å². The summed E-state index contributed by atoms with van der Waals surface area (Å²) < 4.78 is 3.11. The first kappa shape index (κ1) is 13.1. The third-order valence-corrected chi connectivity index (χ3v) is 4.82. The Morgan fingerprint density at radius 1 is 1.37 bits per heavy atom. The molecule has 0 unspecified atom stereocenters. The lowest BCUT2D eigenvalue weighted by Gasteiger charge is -2.26. The predicted octanol–water partition coefficient (Wildman–Crippen LogP) is 3.03. The van der Waals surface area contributed by atoms with Gasteiger partial charge in [-0.1, -0.05) is 0 Å². The summed E-state index contributed by atoms with van der Waals surface area (Å²) in [7, 11) is 0. The van der Waals surface area contributed by atoms with Crippen LogP contribution in [0.25, 0.3) is 5.52 Å². The first-order valence-electron chi connectivity index (χ1n) is 6.89. The highest BCUT2D eigenvalue weighted by Crippen LogP contribution is 2.36. The fraction of sp³-hybridized carbons (Fsp3) is 0.571. The number of aryl methyl sites for hydroxylation is 1. The Kier molecular flexibility index (Phi) is 3.58. The van der Waals surface area contributed by atoms with Crippen LogP contribution in [0, 0.1) is 12.8 Å². The second-order valence-corrected chi connectivity index (χ2v) is 6.20. The topological polar surface area (TPSA) is 56.2 Å². The number of aromatic nitrogens is 3. The van der Waals surface area contributed by atoms with Gasteiger partial charge in [0.05, 0.1) is 5.69 Å². The predicted molar refractivity (Wildman–Crippen MR) is 79.2 cm³/mol. The molecule has 0 amide bonds. The number of nitrogens with zero attached hydrogens (tertiary/aromatic N) is 3. The standard InChI is InChI=1S/C14H19BrN4/c1-9-12-13(15)18-14(19(12)7-6-17-9)11-4-2-10(8-16)3-5-11/h6-7,10-11H,2-5,8,16H2,1H3. The van der Waals surface area contributed by atoms with E-state index in [0.29, 0.717) is 11.8 Å². The van der Waals surface area contributed by atoms with Crippen LogP contribution in [0.15, 0.2) is 17.0 Å². The number of nitrogens with two attached hydrogens (primary N) is 1. The number of imidazole rings is 1. The van der Waals surface area contributed by atoms with Gasteiger partial charge in [-0.2, -0.15) is 0 Å². The zero-order valence-corrected chi connectivity index (χ0v) is 12.7. The van der Waals surface area contributed by atoms with Crippen molar-refractivity contribution in [1.29, 1.82) is 0 Å². The Balaban J connectivity index is 1.96. The van der Waals surface area contributed by atoms with Crippen LogP contribution in [-0.4, -0.2) is 20.9 Å². The minimum absolute atomic E-state index is 0.545. The van der Waals surface area contributed by atoms with Crippen molar-refractivity contribution >= 4 is 21.4 Å². The van der Waals surface area contributed by atoms with E-state index in [1.54, 1.807) is 0 Å². The monoisotopic (exact) mass is 322 g/mol. The fourth-order valence-electron chi connectivity index (χ4n) is 3.11. The van der Waals surface area contributed by atoms with Gasteiger partial charge in [0.25, 0.3) is 0 Å². The Morgan fingerprint density at radius 3 is 2.79 bits per heavy atom. The normalized spacial score (nSPS) is 23.9. The van der Waals surface area contributed by atoms with Crippen LogP contribution in [0.5, 0.6) is 0 Å². The Hall–Kier alpha value is -0.940. The van der Waals surface area contributed by atoms with Crippen LogP contribution >= 0.6 is 15.9 Å². The van der Waals surface area contributed by atoms with E-state index >= 15 is 0 Å². The molecule has 1 aliphatic rings. The molecule has 1 fully saturated rings. The molecule has 1 saturated carbocycles.